The maximum Gasteiger partial charge on any atom is 0.350 e. The summed E-state index contributed by atoms with van der Waals surface area (Å²) in [7, 11) is 0. The highest BCUT2D eigenvalue weighted by Crippen LogP contribution is 2.20. The van der Waals surface area contributed by atoms with Crippen molar-refractivity contribution in [3.8, 4) is 16.8 Å². The summed E-state index contributed by atoms with van der Waals surface area (Å²) >= 11 is 0. The van der Waals surface area contributed by atoms with Crippen LogP contribution < -0.4 is 11.4 Å². The summed E-state index contributed by atoms with van der Waals surface area (Å²) in [5, 5.41) is 4.02. The third-order valence-electron chi connectivity index (χ3n) is 3.74. The van der Waals surface area contributed by atoms with E-state index in [9.17, 15) is 9.18 Å². The molecule has 3 aromatic rings. The van der Waals surface area contributed by atoms with E-state index in [1.165, 1.54) is 15.6 Å². The average molecular weight is 377 g/mol. The number of rotatable bonds is 5. The molecule has 0 aliphatic heterocycles. The number of hydrogen-bond acceptors (Lipinski definition) is 5. The SMILES string of the molecule is Cc1ncc(-c2cccc(-n3cnn(C/C(=C/F)CN)c3=O)c2)cn1.Cl. The third kappa shape index (κ3) is 4.04. The van der Waals surface area contributed by atoms with Crippen molar-refractivity contribution in [3.05, 3.63) is 71.2 Å². The van der Waals surface area contributed by atoms with E-state index in [1.54, 1.807) is 18.5 Å². The summed E-state index contributed by atoms with van der Waals surface area (Å²) in [6.07, 6.45) is 5.27. The number of benzene rings is 1. The Morgan fingerprint density at radius 3 is 2.65 bits per heavy atom. The topological polar surface area (TPSA) is 91.6 Å². The molecule has 1 aromatic carbocycles. The molecular weight excluding hydrogens is 359 g/mol. The van der Waals surface area contributed by atoms with Crippen molar-refractivity contribution in [2.75, 3.05) is 6.54 Å². The number of nitrogens with zero attached hydrogens (tertiary/aromatic N) is 5. The standard InChI is InChI=1S/C17H17FN6O.ClH/c1-12-20-8-15(9-21-12)14-3-2-4-16(5-14)23-11-22-24(17(23)25)10-13(6-18)7-19;/h2-6,8-9,11H,7,10,19H2,1H3;1H/b13-6+;. The monoisotopic (exact) mass is 376 g/mol. The van der Waals surface area contributed by atoms with E-state index in [-0.39, 0.29) is 36.8 Å². The highest BCUT2D eigenvalue weighted by Gasteiger charge is 2.09. The van der Waals surface area contributed by atoms with Crippen molar-refractivity contribution in [1.29, 1.82) is 0 Å². The Bertz CT molecular complexity index is 964. The van der Waals surface area contributed by atoms with Crippen LogP contribution in [0, 0.1) is 6.92 Å². The lowest BCUT2D eigenvalue weighted by Gasteiger charge is -2.05. The lowest BCUT2D eigenvalue weighted by Crippen LogP contribution is -2.25. The maximum atomic E-state index is 12.7. The fourth-order valence-electron chi connectivity index (χ4n) is 2.34. The Morgan fingerprint density at radius 1 is 1.27 bits per heavy atom. The molecular formula is C17H18ClFN6O. The molecule has 0 spiro atoms. The van der Waals surface area contributed by atoms with Gasteiger partial charge in [-0.15, -0.1) is 12.4 Å². The summed E-state index contributed by atoms with van der Waals surface area (Å²) in [6, 6.07) is 7.38. The maximum absolute atomic E-state index is 12.7. The molecule has 2 aromatic heterocycles. The molecule has 9 heteroatoms. The zero-order chi connectivity index (χ0) is 17.8. The van der Waals surface area contributed by atoms with Gasteiger partial charge in [-0.1, -0.05) is 12.1 Å². The minimum atomic E-state index is -0.370. The minimum Gasteiger partial charge on any atom is -0.327 e. The molecule has 0 saturated carbocycles. The average Bonchev–Trinajstić information content (AvgIpc) is 3.01. The van der Waals surface area contributed by atoms with Crippen LogP contribution >= 0.6 is 12.4 Å². The highest BCUT2D eigenvalue weighted by atomic mass is 35.5. The second kappa shape index (κ2) is 8.50. The molecule has 7 nitrogen and oxygen atoms in total. The second-order valence-electron chi connectivity index (χ2n) is 5.48. The number of halogens is 2. The van der Waals surface area contributed by atoms with Crippen molar-refractivity contribution in [1.82, 2.24) is 24.3 Å². The fourth-order valence-corrected chi connectivity index (χ4v) is 2.34. The zero-order valence-corrected chi connectivity index (χ0v) is 14.9. The van der Waals surface area contributed by atoms with Crippen LogP contribution in [-0.2, 0) is 6.54 Å². The number of aromatic nitrogens is 5. The van der Waals surface area contributed by atoms with Gasteiger partial charge in [-0.3, -0.25) is 0 Å². The molecule has 0 radical (unpaired) electrons. The van der Waals surface area contributed by atoms with Crippen LogP contribution in [0.2, 0.25) is 0 Å². The summed E-state index contributed by atoms with van der Waals surface area (Å²) in [4.78, 5) is 20.8. The van der Waals surface area contributed by atoms with Crippen LogP contribution in [0.4, 0.5) is 4.39 Å². The van der Waals surface area contributed by atoms with Gasteiger partial charge < -0.3 is 5.73 Å². The molecule has 0 amide bonds. The van der Waals surface area contributed by atoms with Crippen LogP contribution in [0.1, 0.15) is 5.82 Å². The van der Waals surface area contributed by atoms with Crippen molar-refractivity contribution in [2.45, 2.75) is 13.5 Å². The lowest BCUT2D eigenvalue weighted by atomic mass is 10.1. The van der Waals surface area contributed by atoms with E-state index in [4.69, 9.17) is 5.73 Å². The van der Waals surface area contributed by atoms with Gasteiger partial charge in [-0.05, 0) is 30.2 Å². The Morgan fingerprint density at radius 2 is 2.00 bits per heavy atom. The van der Waals surface area contributed by atoms with Gasteiger partial charge in [0.05, 0.1) is 18.6 Å². The number of nitrogens with two attached hydrogens (primary N) is 1. The minimum absolute atomic E-state index is 0. The van der Waals surface area contributed by atoms with Gasteiger partial charge in [-0.25, -0.2) is 28.4 Å². The molecule has 0 aliphatic carbocycles. The fraction of sp³-hybridized carbons (Fsp3) is 0.176. The highest BCUT2D eigenvalue weighted by molar-refractivity contribution is 5.85. The first kappa shape index (κ1) is 19.5. The van der Waals surface area contributed by atoms with E-state index < -0.39 is 0 Å². The Balaban J connectivity index is 0.00000243. The first-order valence-electron chi connectivity index (χ1n) is 7.64. The predicted molar refractivity (Wildman–Crippen MR) is 99.1 cm³/mol. The molecule has 0 unspecified atom stereocenters. The van der Waals surface area contributed by atoms with E-state index >= 15 is 0 Å². The number of hydrogen-bond donors (Lipinski definition) is 1. The normalized spacial score (nSPS) is 11.3. The molecule has 136 valence electrons. The third-order valence-corrected chi connectivity index (χ3v) is 3.74. The first-order valence-corrected chi connectivity index (χ1v) is 7.64. The van der Waals surface area contributed by atoms with Gasteiger partial charge in [0.15, 0.2) is 0 Å². The van der Waals surface area contributed by atoms with Gasteiger partial charge in [0.25, 0.3) is 0 Å². The molecule has 0 fully saturated rings. The largest absolute Gasteiger partial charge is 0.350 e. The van der Waals surface area contributed by atoms with E-state index in [1.807, 2.05) is 25.1 Å². The van der Waals surface area contributed by atoms with Crippen LogP contribution in [0.5, 0.6) is 0 Å². The lowest BCUT2D eigenvalue weighted by molar-refractivity contribution is 0.612. The van der Waals surface area contributed by atoms with Crippen molar-refractivity contribution >= 4 is 12.4 Å². The Labute approximate surface area is 155 Å². The van der Waals surface area contributed by atoms with Gasteiger partial charge in [0, 0.05) is 24.5 Å². The molecule has 0 bridgehead atoms. The van der Waals surface area contributed by atoms with Crippen LogP contribution in [0.3, 0.4) is 0 Å². The van der Waals surface area contributed by atoms with E-state index in [0.29, 0.717) is 17.8 Å². The Kier molecular flexibility index (Phi) is 6.37. The molecule has 2 heterocycles. The van der Waals surface area contributed by atoms with Gasteiger partial charge in [0.2, 0.25) is 0 Å². The zero-order valence-electron chi connectivity index (χ0n) is 14.0. The molecule has 26 heavy (non-hydrogen) atoms. The molecule has 3 rings (SSSR count). The second-order valence-corrected chi connectivity index (χ2v) is 5.48. The first-order chi connectivity index (χ1) is 12.1. The smallest absolute Gasteiger partial charge is 0.327 e. The Hall–Kier alpha value is -2.84. The quantitative estimate of drug-likeness (QED) is 0.735. The summed E-state index contributed by atoms with van der Waals surface area (Å²) in [5.74, 6) is 0.689. The van der Waals surface area contributed by atoms with Crippen LogP contribution in [0.15, 0.2) is 59.7 Å². The molecule has 2 N–H and O–H groups in total. The summed E-state index contributed by atoms with van der Waals surface area (Å²) < 4.78 is 15.2. The summed E-state index contributed by atoms with van der Waals surface area (Å²) in [5.41, 5.74) is 7.71. The van der Waals surface area contributed by atoms with E-state index in [2.05, 4.69) is 15.1 Å². The van der Waals surface area contributed by atoms with Gasteiger partial charge >= 0.3 is 5.69 Å². The van der Waals surface area contributed by atoms with Crippen molar-refractivity contribution in [2.24, 2.45) is 5.73 Å². The number of aryl methyl sites for hydroxylation is 1. The van der Waals surface area contributed by atoms with Crippen molar-refractivity contribution < 1.29 is 4.39 Å². The van der Waals surface area contributed by atoms with Crippen LogP contribution in [0.25, 0.3) is 16.8 Å². The molecule has 0 saturated heterocycles. The molecule has 0 atom stereocenters. The summed E-state index contributed by atoms with van der Waals surface area (Å²) in [6.45, 7) is 1.86. The predicted octanol–water partition coefficient (Wildman–Crippen LogP) is 2.03. The van der Waals surface area contributed by atoms with Crippen LogP contribution in [-0.4, -0.2) is 30.9 Å². The van der Waals surface area contributed by atoms with Crippen molar-refractivity contribution in [3.63, 3.8) is 0 Å². The molecule has 0 aliphatic rings. The van der Waals surface area contributed by atoms with Gasteiger partial charge in [-0.2, -0.15) is 5.10 Å². The van der Waals surface area contributed by atoms with Gasteiger partial charge in [0.1, 0.15) is 12.2 Å². The van der Waals surface area contributed by atoms with E-state index in [0.717, 1.165) is 11.1 Å².